The monoisotopic (exact) mass is 175 g/mol. The Morgan fingerprint density at radius 1 is 1.17 bits per heavy atom. The molecule has 0 unspecified atom stereocenters. The molecule has 0 aliphatic heterocycles. The Morgan fingerprint density at radius 3 is 1.92 bits per heavy atom. The van der Waals surface area contributed by atoms with Crippen molar-refractivity contribution in [2.45, 2.75) is 0 Å². The lowest BCUT2D eigenvalue weighted by Crippen LogP contribution is -2.25. The molecule has 0 aliphatic rings. The van der Waals surface area contributed by atoms with Crippen molar-refractivity contribution >= 4 is 5.97 Å². The van der Waals surface area contributed by atoms with E-state index in [1.165, 1.54) is 0 Å². The smallest absolute Gasteiger partial charge is 0.138 e. The van der Waals surface area contributed by atoms with E-state index in [0.29, 0.717) is 0 Å². The molecular formula is C7H2F3O2-. The summed E-state index contributed by atoms with van der Waals surface area (Å²) in [5.41, 5.74) is -1.25. The minimum absolute atomic E-state index is 0.272. The van der Waals surface area contributed by atoms with Crippen molar-refractivity contribution < 1.29 is 23.1 Å². The highest BCUT2D eigenvalue weighted by Crippen LogP contribution is 2.13. The number of carbonyl (C=O) groups excluding carboxylic acids is 1. The quantitative estimate of drug-likeness (QED) is 0.622. The van der Waals surface area contributed by atoms with Gasteiger partial charge in [-0.3, -0.25) is 0 Å². The van der Waals surface area contributed by atoms with Crippen LogP contribution in [0, 0.1) is 17.5 Å². The first kappa shape index (κ1) is 8.58. The summed E-state index contributed by atoms with van der Waals surface area (Å²) in [5, 5.41) is 10.0. The van der Waals surface area contributed by atoms with Crippen molar-refractivity contribution in [3.8, 4) is 0 Å². The number of hydrogen-bond donors (Lipinski definition) is 0. The molecule has 1 aromatic rings. The topological polar surface area (TPSA) is 40.1 Å². The predicted molar refractivity (Wildman–Crippen MR) is 30.6 cm³/mol. The molecule has 0 aromatic heterocycles. The summed E-state index contributed by atoms with van der Waals surface area (Å²) in [7, 11) is 0. The van der Waals surface area contributed by atoms with Crippen LogP contribution in [0.25, 0.3) is 0 Å². The van der Waals surface area contributed by atoms with E-state index in [2.05, 4.69) is 0 Å². The molecule has 0 radical (unpaired) electrons. The molecule has 0 spiro atoms. The molecule has 0 atom stereocenters. The van der Waals surface area contributed by atoms with Gasteiger partial charge in [0.2, 0.25) is 0 Å². The number of carbonyl (C=O) groups is 1. The molecule has 1 aromatic carbocycles. The first-order chi connectivity index (χ1) is 5.52. The van der Waals surface area contributed by atoms with Crippen LogP contribution in [0.4, 0.5) is 13.2 Å². The van der Waals surface area contributed by atoms with Crippen LogP contribution in [0.5, 0.6) is 0 Å². The second kappa shape index (κ2) is 2.84. The number of carboxylic acids is 1. The third-order valence-electron chi connectivity index (χ3n) is 1.21. The van der Waals surface area contributed by atoms with Crippen molar-refractivity contribution in [1.82, 2.24) is 0 Å². The van der Waals surface area contributed by atoms with E-state index in [4.69, 9.17) is 0 Å². The van der Waals surface area contributed by atoms with Gasteiger partial charge in [-0.25, -0.2) is 13.2 Å². The molecule has 0 amide bonds. The highest BCUT2D eigenvalue weighted by Gasteiger charge is 2.11. The SMILES string of the molecule is O=C([O-])c1c(F)cc(F)cc1F. The Balaban J connectivity index is 3.38. The van der Waals surface area contributed by atoms with E-state index in [9.17, 15) is 23.1 Å². The van der Waals surface area contributed by atoms with Crippen LogP contribution in [0.2, 0.25) is 0 Å². The van der Waals surface area contributed by atoms with E-state index >= 15 is 0 Å². The van der Waals surface area contributed by atoms with E-state index < -0.39 is 29.0 Å². The molecule has 0 fully saturated rings. The highest BCUT2D eigenvalue weighted by molar-refractivity contribution is 5.86. The molecule has 0 heterocycles. The largest absolute Gasteiger partial charge is 0.545 e. The maximum absolute atomic E-state index is 12.5. The molecule has 0 aliphatic carbocycles. The van der Waals surface area contributed by atoms with Crippen LogP contribution in [0.1, 0.15) is 10.4 Å². The number of rotatable bonds is 1. The molecule has 64 valence electrons. The van der Waals surface area contributed by atoms with Crippen LogP contribution >= 0.6 is 0 Å². The van der Waals surface area contributed by atoms with Gasteiger partial charge in [0.25, 0.3) is 0 Å². The number of aromatic carboxylic acids is 1. The molecule has 5 heteroatoms. The third-order valence-corrected chi connectivity index (χ3v) is 1.21. The molecule has 1 rings (SSSR count). The van der Waals surface area contributed by atoms with Crippen LogP contribution in [0.3, 0.4) is 0 Å². The van der Waals surface area contributed by atoms with Gasteiger partial charge in [-0.1, -0.05) is 0 Å². The maximum atomic E-state index is 12.5. The molecule has 0 bridgehead atoms. The molecular weight excluding hydrogens is 173 g/mol. The average Bonchev–Trinajstić information content (AvgIpc) is 1.82. The minimum Gasteiger partial charge on any atom is -0.545 e. The molecule has 12 heavy (non-hydrogen) atoms. The fourth-order valence-electron chi connectivity index (χ4n) is 0.737. The van der Waals surface area contributed by atoms with Crippen LogP contribution in [0.15, 0.2) is 12.1 Å². The van der Waals surface area contributed by atoms with Gasteiger partial charge in [-0.15, -0.1) is 0 Å². The summed E-state index contributed by atoms with van der Waals surface area (Å²) in [6.07, 6.45) is 0. The van der Waals surface area contributed by atoms with E-state index in [1.54, 1.807) is 0 Å². The summed E-state index contributed by atoms with van der Waals surface area (Å²) in [4.78, 5) is 10.0. The van der Waals surface area contributed by atoms with E-state index in [0.717, 1.165) is 0 Å². The van der Waals surface area contributed by atoms with E-state index in [1.807, 2.05) is 0 Å². The zero-order chi connectivity index (χ0) is 9.30. The zero-order valence-corrected chi connectivity index (χ0v) is 5.61. The summed E-state index contributed by atoms with van der Waals surface area (Å²) >= 11 is 0. The van der Waals surface area contributed by atoms with Crippen molar-refractivity contribution in [2.24, 2.45) is 0 Å². The molecule has 0 saturated carbocycles. The summed E-state index contributed by atoms with van der Waals surface area (Å²) in [5.74, 6) is -6.14. The van der Waals surface area contributed by atoms with Gasteiger partial charge in [0.1, 0.15) is 17.5 Å². The Kier molecular flexibility index (Phi) is 2.03. The first-order valence-electron chi connectivity index (χ1n) is 2.88. The summed E-state index contributed by atoms with van der Waals surface area (Å²) in [6, 6.07) is 0.544. The molecule has 0 N–H and O–H groups in total. The van der Waals surface area contributed by atoms with Gasteiger partial charge in [0, 0.05) is 12.1 Å². The highest BCUT2D eigenvalue weighted by atomic mass is 19.1. The minimum atomic E-state index is -2.01. The lowest BCUT2D eigenvalue weighted by molar-refractivity contribution is -0.255. The lowest BCUT2D eigenvalue weighted by atomic mass is 10.2. The Hall–Kier alpha value is -1.52. The first-order valence-corrected chi connectivity index (χ1v) is 2.88. The number of benzene rings is 1. The standard InChI is InChI=1S/C7H3F3O2/c8-3-1-4(9)6(7(11)12)5(10)2-3/h1-2H,(H,11,12)/p-1. The van der Waals surface area contributed by atoms with Crippen molar-refractivity contribution in [3.63, 3.8) is 0 Å². The number of hydrogen-bond acceptors (Lipinski definition) is 2. The van der Waals surface area contributed by atoms with E-state index in [-0.39, 0.29) is 12.1 Å². The van der Waals surface area contributed by atoms with Gasteiger partial charge < -0.3 is 9.90 Å². The second-order valence-corrected chi connectivity index (χ2v) is 2.03. The number of carboxylic acid groups (broad SMARTS) is 1. The second-order valence-electron chi connectivity index (χ2n) is 2.03. The predicted octanol–water partition coefficient (Wildman–Crippen LogP) is 0.467. The fraction of sp³-hybridized carbons (Fsp3) is 0. The Morgan fingerprint density at radius 2 is 1.58 bits per heavy atom. The number of halogens is 3. The van der Waals surface area contributed by atoms with Crippen LogP contribution in [-0.2, 0) is 0 Å². The van der Waals surface area contributed by atoms with Gasteiger partial charge in [-0.2, -0.15) is 0 Å². The average molecular weight is 175 g/mol. The van der Waals surface area contributed by atoms with Crippen molar-refractivity contribution in [1.29, 1.82) is 0 Å². The fourth-order valence-corrected chi connectivity index (χ4v) is 0.737. The van der Waals surface area contributed by atoms with Gasteiger partial charge in [0.05, 0.1) is 11.5 Å². The van der Waals surface area contributed by atoms with Crippen LogP contribution in [-0.4, -0.2) is 5.97 Å². The van der Waals surface area contributed by atoms with Gasteiger partial charge in [0.15, 0.2) is 0 Å². The van der Waals surface area contributed by atoms with Crippen molar-refractivity contribution in [3.05, 3.63) is 35.1 Å². The van der Waals surface area contributed by atoms with Crippen LogP contribution < -0.4 is 5.11 Å². The summed E-state index contributed by atoms with van der Waals surface area (Å²) < 4.78 is 37.1. The molecule has 2 nitrogen and oxygen atoms in total. The zero-order valence-electron chi connectivity index (χ0n) is 5.61. The van der Waals surface area contributed by atoms with Gasteiger partial charge >= 0.3 is 0 Å². The molecule has 0 saturated heterocycles. The van der Waals surface area contributed by atoms with Crippen molar-refractivity contribution in [2.75, 3.05) is 0 Å². The summed E-state index contributed by atoms with van der Waals surface area (Å²) in [6.45, 7) is 0. The maximum Gasteiger partial charge on any atom is 0.138 e. The third kappa shape index (κ3) is 1.39. The lowest BCUT2D eigenvalue weighted by Gasteiger charge is -2.04. The normalized spacial score (nSPS) is 9.92. The van der Waals surface area contributed by atoms with Gasteiger partial charge in [-0.05, 0) is 0 Å². The Bertz CT molecular complexity index is 312. The Labute approximate surface area is 65.2 Å².